The third-order valence-corrected chi connectivity index (χ3v) is 13.8. The third kappa shape index (κ3) is 6.51. The van der Waals surface area contributed by atoms with Gasteiger partial charge in [-0.15, -0.1) is 0 Å². The molecule has 0 radical (unpaired) electrons. The number of nitrogens with zero attached hydrogens (tertiary/aromatic N) is 4. The molecule has 0 aliphatic rings. The monoisotopic (exact) mass is 892 g/mol. The van der Waals surface area contributed by atoms with Crippen LogP contribution in [0, 0.1) is 0 Å². The maximum Gasteiger partial charge on any atom is 0.164 e. The van der Waals surface area contributed by atoms with E-state index < -0.39 is 0 Å². The quantitative estimate of drug-likeness (QED) is 0.160. The van der Waals surface area contributed by atoms with Crippen molar-refractivity contribution in [2.24, 2.45) is 0 Å². The Morgan fingerprint density at radius 3 is 1.61 bits per heavy atom. The summed E-state index contributed by atoms with van der Waals surface area (Å²) in [6.07, 6.45) is 0. The van der Waals surface area contributed by atoms with Gasteiger partial charge in [-0.25, -0.2) is 15.0 Å². The van der Waals surface area contributed by atoms with Crippen molar-refractivity contribution in [2.75, 3.05) is 0 Å². The van der Waals surface area contributed by atoms with Gasteiger partial charge in [-0.1, -0.05) is 194 Å². The molecule has 0 saturated heterocycles. The second-order valence-electron chi connectivity index (χ2n) is 17.9. The van der Waals surface area contributed by atoms with Gasteiger partial charge in [0.1, 0.15) is 11.2 Å². The maximum atomic E-state index is 6.42. The molecule has 5 heteroatoms. The van der Waals surface area contributed by atoms with Gasteiger partial charge in [0.05, 0.1) is 16.7 Å². The predicted octanol–water partition coefficient (Wildman–Crippen LogP) is 17.2. The molecule has 0 amide bonds. The van der Waals surface area contributed by atoms with Gasteiger partial charge < -0.3 is 8.98 Å². The topological polar surface area (TPSA) is 56.7 Å². The normalized spacial score (nSPS) is 11.7. The highest BCUT2D eigenvalue weighted by Crippen LogP contribution is 2.46. The Labute approximate surface area is 403 Å². The minimum Gasteiger partial charge on any atom is -0.456 e. The Hall–Kier alpha value is -9.45. The van der Waals surface area contributed by atoms with Gasteiger partial charge in [0.2, 0.25) is 0 Å². The highest BCUT2D eigenvalue weighted by atomic mass is 16.3. The van der Waals surface area contributed by atoms with Crippen molar-refractivity contribution in [1.29, 1.82) is 0 Å². The van der Waals surface area contributed by atoms with Crippen LogP contribution in [0.15, 0.2) is 247 Å². The van der Waals surface area contributed by atoms with Crippen molar-refractivity contribution in [3.8, 4) is 73.2 Å². The molecule has 0 fully saturated rings. The first-order valence-corrected chi connectivity index (χ1v) is 23.7. The molecule has 0 atom stereocenters. The number of aromatic nitrogens is 4. The second kappa shape index (κ2) is 16.1. The van der Waals surface area contributed by atoms with Crippen molar-refractivity contribution in [3.05, 3.63) is 243 Å². The van der Waals surface area contributed by atoms with Gasteiger partial charge in [-0.2, -0.15) is 0 Å². The largest absolute Gasteiger partial charge is 0.456 e. The number of furan rings is 1. The summed E-state index contributed by atoms with van der Waals surface area (Å²) in [5.41, 5.74) is 14.0. The summed E-state index contributed by atoms with van der Waals surface area (Å²) in [4.78, 5) is 16.1. The molecule has 11 aromatic carbocycles. The van der Waals surface area contributed by atoms with Crippen molar-refractivity contribution < 1.29 is 4.42 Å². The number of benzene rings is 11. The molecule has 0 spiro atoms. The average molecular weight is 893 g/mol. The Balaban J connectivity index is 1.12. The molecular weight excluding hydrogens is 853 g/mol. The zero-order chi connectivity index (χ0) is 46.1. The lowest BCUT2D eigenvalue weighted by Gasteiger charge is -2.21. The lowest BCUT2D eigenvalue weighted by molar-refractivity contribution is 0.669. The zero-order valence-corrected chi connectivity index (χ0v) is 37.8. The van der Waals surface area contributed by atoms with Crippen molar-refractivity contribution in [2.45, 2.75) is 0 Å². The lowest BCUT2D eigenvalue weighted by atomic mass is 9.88. The molecule has 5 nitrogen and oxygen atoms in total. The fraction of sp³-hybridized carbons (Fsp3) is 0. The van der Waals surface area contributed by atoms with Gasteiger partial charge in [-0.3, -0.25) is 0 Å². The summed E-state index contributed by atoms with van der Waals surface area (Å²) in [5, 5.41) is 9.37. The highest BCUT2D eigenvalue weighted by molar-refractivity contribution is 6.23. The van der Waals surface area contributed by atoms with Gasteiger partial charge in [0, 0.05) is 43.8 Å². The van der Waals surface area contributed by atoms with Crippen LogP contribution in [0.3, 0.4) is 0 Å². The smallest absolute Gasteiger partial charge is 0.164 e. The standard InChI is InChI=1S/C65H40N4O/c1-4-18-41(19-5-1)48-27-14-15-29-50(48)54-40-59(69-57-35-33-43-22-12-13-28-49(43)62(57)56-36-45-25-10-11-26-46(45)37-58(56)69)53(42-20-6-2-7-21-42)39-55(54)65-67-63(44-23-8-3-9-24-44)66-64(68-65)47-32-34-52-51-30-16-17-31-60(51)70-61(52)38-47/h1-40H. The fourth-order valence-electron chi connectivity index (χ4n) is 10.6. The van der Waals surface area contributed by atoms with Crippen molar-refractivity contribution in [3.63, 3.8) is 0 Å². The molecule has 0 aliphatic heterocycles. The Morgan fingerprint density at radius 2 is 0.857 bits per heavy atom. The number of fused-ring (bicyclic) bond motifs is 9. The Bertz CT molecular complexity index is 4350. The van der Waals surface area contributed by atoms with Gasteiger partial charge in [-0.05, 0) is 97.9 Å². The van der Waals surface area contributed by atoms with Crippen LogP contribution in [-0.2, 0) is 0 Å². The molecule has 0 aliphatic carbocycles. The predicted molar refractivity (Wildman–Crippen MR) is 289 cm³/mol. The van der Waals surface area contributed by atoms with Crippen LogP contribution < -0.4 is 0 Å². The molecule has 0 unspecified atom stereocenters. The summed E-state index contributed by atoms with van der Waals surface area (Å²) in [7, 11) is 0. The highest BCUT2D eigenvalue weighted by Gasteiger charge is 2.25. The maximum absolute atomic E-state index is 6.42. The van der Waals surface area contributed by atoms with E-state index in [0.717, 1.165) is 88.7 Å². The van der Waals surface area contributed by atoms with Crippen molar-refractivity contribution >= 4 is 65.3 Å². The molecule has 0 bridgehead atoms. The van der Waals surface area contributed by atoms with Crippen LogP contribution in [0.5, 0.6) is 0 Å². The molecule has 3 heterocycles. The van der Waals surface area contributed by atoms with Crippen LogP contribution in [-0.4, -0.2) is 19.5 Å². The molecule has 14 aromatic rings. The first-order chi connectivity index (χ1) is 34.7. The molecule has 14 rings (SSSR count). The first kappa shape index (κ1) is 39.7. The molecular formula is C65H40N4O. The summed E-state index contributed by atoms with van der Waals surface area (Å²) >= 11 is 0. The van der Waals surface area contributed by atoms with Crippen LogP contribution >= 0.6 is 0 Å². The molecule has 326 valence electrons. The third-order valence-electron chi connectivity index (χ3n) is 13.8. The van der Waals surface area contributed by atoms with Gasteiger partial charge in [0.15, 0.2) is 17.5 Å². The minimum atomic E-state index is 0.556. The van der Waals surface area contributed by atoms with E-state index in [1.165, 1.54) is 32.3 Å². The summed E-state index contributed by atoms with van der Waals surface area (Å²) in [6, 6.07) is 86.1. The SMILES string of the molecule is c1ccc(-c2nc(-c3ccc4c(c3)oc3ccccc34)nc(-c3cc(-c4ccccc4)c(-n4c5cc6ccccc6cc5c5c6ccccc6ccc54)cc3-c3ccccc3-c3ccccc3)n2)cc1. The molecule has 0 N–H and O–H groups in total. The number of hydrogen-bond acceptors (Lipinski definition) is 4. The van der Waals surface area contributed by atoms with E-state index in [1.54, 1.807) is 0 Å². The van der Waals surface area contributed by atoms with E-state index >= 15 is 0 Å². The van der Waals surface area contributed by atoms with Gasteiger partial charge >= 0.3 is 0 Å². The Kier molecular flexibility index (Phi) is 9.14. The van der Waals surface area contributed by atoms with E-state index in [-0.39, 0.29) is 0 Å². The van der Waals surface area contributed by atoms with E-state index in [0.29, 0.717) is 17.5 Å². The van der Waals surface area contributed by atoms with E-state index in [9.17, 15) is 0 Å². The van der Waals surface area contributed by atoms with Crippen molar-refractivity contribution in [1.82, 2.24) is 19.5 Å². The van der Waals surface area contributed by atoms with Crippen LogP contribution in [0.4, 0.5) is 0 Å². The van der Waals surface area contributed by atoms with Crippen LogP contribution in [0.2, 0.25) is 0 Å². The van der Waals surface area contributed by atoms with E-state index in [1.807, 2.05) is 36.4 Å². The minimum absolute atomic E-state index is 0.556. The summed E-state index contributed by atoms with van der Waals surface area (Å²) < 4.78 is 8.91. The van der Waals surface area contributed by atoms with E-state index in [2.05, 4.69) is 211 Å². The second-order valence-corrected chi connectivity index (χ2v) is 17.9. The average Bonchev–Trinajstić information content (AvgIpc) is 3.97. The lowest BCUT2D eigenvalue weighted by Crippen LogP contribution is -2.04. The Morgan fingerprint density at radius 1 is 0.286 bits per heavy atom. The first-order valence-electron chi connectivity index (χ1n) is 23.7. The summed E-state index contributed by atoms with van der Waals surface area (Å²) in [6.45, 7) is 0. The van der Waals surface area contributed by atoms with Crippen LogP contribution in [0.25, 0.3) is 139 Å². The fourth-order valence-corrected chi connectivity index (χ4v) is 10.6. The summed E-state index contributed by atoms with van der Waals surface area (Å²) in [5.74, 6) is 1.70. The molecule has 0 saturated carbocycles. The van der Waals surface area contributed by atoms with Gasteiger partial charge in [0.25, 0.3) is 0 Å². The number of para-hydroxylation sites is 1. The molecule has 3 aromatic heterocycles. The molecule has 70 heavy (non-hydrogen) atoms. The zero-order valence-electron chi connectivity index (χ0n) is 37.8. The number of rotatable bonds is 7. The van der Waals surface area contributed by atoms with Crippen LogP contribution in [0.1, 0.15) is 0 Å². The van der Waals surface area contributed by atoms with E-state index in [4.69, 9.17) is 19.4 Å². The number of hydrogen-bond donors (Lipinski definition) is 0.